The molecule has 1 atom stereocenters. The minimum atomic E-state index is -1.17. The van der Waals surface area contributed by atoms with Gasteiger partial charge in [0.05, 0.1) is 21.4 Å². The van der Waals surface area contributed by atoms with E-state index < -0.39 is 10.8 Å². The first-order valence-electron chi connectivity index (χ1n) is 4.76. The molecule has 0 N–H and O–H groups in total. The van der Waals surface area contributed by atoms with Crippen molar-refractivity contribution in [3.05, 3.63) is 60.0 Å². The maximum Gasteiger partial charge on any atom is 0.0792 e. The standard InChI is InChI=1S/C12H10N2OS/c15-16(12-5-3-7-13-10-12)9-6-11-4-1-2-8-14-11/h1-10H/b9-6+. The molecule has 0 bridgehead atoms. The first-order valence-corrected chi connectivity index (χ1v) is 5.97. The maximum atomic E-state index is 11.8. The zero-order valence-electron chi connectivity index (χ0n) is 8.48. The number of rotatable bonds is 3. The van der Waals surface area contributed by atoms with Gasteiger partial charge in [-0.3, -0.25) is 9.97 Å². The monoisotopic (exact) mass is 230 g/mol. The van der Waals surface area contributed by atoms with Crippen LogP contribution in [0.5, 0.6) is 0 Å². The molecule has 2 heterocycles. The van der Waals surface area contributed by atoms with E-state index in [1.54, 1.807) is 42.2 Å². The molecule has 0 aliphatic carbocycles. The van der Waals surface area contributed by atoms with Crippen LogP contribution in [0.15, 0.2) is 59.2 Å². The first kappa shape index (κ1) is 10.7. The summed E-state index contributed by atoms with van der Waals surface area (Å²) in [6.07, 6.45) is 6.69. The van der Waals surface area contributed by atoms with Gasteiger partial charge in [-0.2, -0.15) is 0 Å². The lowest BCUT2D eigenvalue weighted by atomic mass is 10.3. The summed E-state index contributed by atoms with van der Waals surface area (Å²) in [7, 11) is -1.17. The fourth-order valence-electron chi connectivity index (χ4n) is 1.15. The highest BCUT2D eigenvalue weighted by atomic mass is 32.2. The molecular formula is C12H10N2OS. The molecule has 4 heteroatoms. The summed E-state index contributed by atoms with van der Waals surface area (Å²) in [5.41, 5.74) is 0.791. The van der Waals surface area contributed by atoms with E-state index in [9.17, 15) is 4.21 Å². The summed E-state index contributed by atoms with van der Waals surface area (Å²) in [6, 6.07) is 9.14. The summed E-state index contributed by atoms with van der Waals surface area (Å²) in [4.78, 5) is 8.72. The molecule has 0 fully saturated rings. The molecule has 0 saturated heterocycles. The topological polar surface area (TPSA) is 42.9 Å². The summed E-state index contributed by atoms with van der Waals surface area (Å²) >= 11 is 0. The van der Waals surface area contributed by atoms with Gasteiger partial charge in [0.25, 0.3) is 0 Å². The summed E-state index contributed by atoms with van der Waals surface area (Å²) in [6.45, 7) is 0. The van der Waals surface area contributed by atoms with Gasteiger partial charge < -0.3 is 0 Å². The van der Waals surface area contributed by atoms with Crippen LogP contribution in [0.25, 0.3) is 6.08 Å². The van der Waals surface area contributed by atoms with Gasteiger partial charge in [0.2, 0.25) is 0 Å². The third-order valence-corrected chi connectivity index (χ3v) is 3.01. The largest absolute Gasteiger partial charge is 0.263 e. The molecule has 2 rings (SSSR count). The van der Waals surface area contributed by atoms with Crippen LogP contribution < -0.4 is 0 Å². The van der Waals surface area contributed by atoms with E-state index in [-0.39, 0.29) is 0 Å². The second kappa shape index (κ2) is 5.32. The number of hydrogen-bond acceptors (Lipinski definition) is 3. The minimum Gasteiger partial charge on any atom is -0.263 e. The Morgan fingerprint density at radius 3 is 2.75 bits per heavy atom. The van der Waals surface area contributed by atoms with E-state index >= 15 is 0 Å². The molecule has 1 unspecified atom stereocenters. The van der Waals surface area contributed by atoms with Crippen LogP contribution in [0.2, 0.25) is 0 Å². The molecular weight excluding hydrogens is 220 g/mol. The van der Waals surface area contributed by atoms with Crippen molar-refractivity contribution in [3.63, 3.8) is 0 Å². The predicted octanol–water partition coefficient (Wildman–Crippen LogP) is 2.26. The van der Waals surface area contributed by atoms with Crippen LogP contribution in [0.3, 0.4) is 0 Å². The summed E-state index contributed by atoms with van der Waals surface area (Å²) in [5.74, 6) is 0. The van der Waals surface area contributed by atoms with Crippen molar-refractivity contribution in [2.45, 2.75) is 4.90 Å². The van der Waals surface area contributed by atoms with Gasteiger partial charge in [0.1, 0.15) is 0 Å². The molecule has 0 saturated carbocycles. The average molecular weight is 230 g/mol. The Hall–Kier alpha value is -1.81. The Kier molecular flexibility index (Phi) is 3.56. The van der Waals surface area contributed by atoms with E-state index in [1.165, 1.54) is 0 Å². The normalized spacial score (nSPS) is 12.8. The third kappa shape index (κ3) is 2.84. The second-order valence-electron chi connectivity index (χ2n) is 3.04. The van der Waals surface area contributed by atoms with Gasteiger partial charge in [-0.15, -0.1) is 0 Å². The zero-order valence-corrected chi connectivity index (χ0v) is 9.30. The Balaban J connectivity index is 2.12. The van der Waals surface area contributed by atoms with E-state index in [1.807, 2.05) is 18.2 Å². The Labute approximate surface area is 96.3 Å². The first-order chi connectivity index (χ1) is 7.86. The van der Waals surface area contributed by atoms with Gasteiger partial charge >= 0.3 is 0 Å². The lowest BCUT2D eigenvalue weighted by Gasteiger charge is -1.94. The average Bonchev–Trinajstić information content (AvgIpc) is 2.38. The van der Waals surface area contributed by atoms with Crippen LogP contribution in [-0.4, -0.2) is 14.2 Å². The van der Waals surface area contributed by atoms with Crippen molar-refractivity contribution in [2.24, 2.45) is 0 Å². The molecule has 2 aromatic rings. The van der Waals surface area contributed by atoms with E-state index in [2.05, 4.69) is 9.97 Å². The van der Waals surface area contributed by atoms with Crippen molar-refractivity contribution in [3.8, 4) is 0 Å². The number of hydrogen-bond donors (Lipinski definition) is 0. The lowest BCUT2D eigenvalue weighted by molar-refractivity contribution is 0.688. The molecule has 0 amide bonds. The van der Waals surface area contributed by atoms with Crippen LogP contribution >= 0.6 is 0 Å². The van der Waals surface area contributed by atoms with Gasteiger partial charge in [-0.05, 0) is 30.3 Å². The lowest BCUT2D eigenvalue weighted by Crippen LogP contribution is -1.87. The highest BCUT2D eigenvalue weighted by Gasteiger charge is 1.97. The van der Waals surface area contributed by atoms with Crippen molar-refractivity contribution in [1.82, 2.24) is 9.97 Å². The van der Waals surface area contributed by atoms with E-state index in [0.717, 1.165) is 5.69 Å². The van der Waals surface area contributed by atoms with Gasteiger partial charge in [-0.1, -0.05) is 6.07 Å². The highest BCUT2D eigenvalue weighted by Crippen LogP contribution is 2.06. The van der Waals surface area contributed by atoms with Gasteiger partial charge in [0, 0.05) is 24.0 Å². The molecule has 0 spiro atoms. The van der Waals surface area contributed by atoms with Gasteiger partial charge in [0.15, 0.2) is 0 Å². The Morgan fingerprint density at radius 1 is 1.12 bits per heavy atom. The molecule has 0 aromatic carbocycles. The number of nitrogens with zero attached hydrogens (tertiary/aromatic N) is 2. The quantitative estimate of drug-likeness (QED) is 0.812. The van der Waals surface area contributed by atoms with Crippen LogP contribution in [0, 0.1) is 0 Å². The molecule has 0 aliphatic rings. The SMILES string of the molecule is O=S(/C=C/c1ccccn1)c1cccnc1. The van der Waals surface area contributed by atoms with Crippen molar-refractivity contribution < 1.29 is 4.21 Å². The molecule has 3 nitrogen and oxygen atoms in total. The van der Waals surface area contributed by atoms with Crippen molar-refractivity contribution in [2.75, 3.05) is 0 Å². The van der Waals surface area contributed by atoms with Gasteiger partial charge in [-0.25, -0.2) is 4.21 Å². The fraction of sp³-hybridized carbons (Fsp3) is 0. The zero-order chi connectivity index (χ0) is 11.2. The van der Waals surface area contributed by atoms with Crippen molar-refractivity contribution in [1.29, 1.82) is 0 Å². The third-order valence-electron chi connectivity index (χ3n) is 1.92. The minimum absolute atomic E-state index is 0.690. The van der Waals surface area contributed by atoms with Crippen molar-refractivity contribution >= 4 is 16.9 Å². The molecule has 80 valence electrons. The van der Waals surface area contributed by atoms with Crippen LogP contribution in [0.4, 0.5) is 0 Å². The molecule has 16 heavy (non-hydrogen) atoms. The maximum absolute atomic E-state index is 11.8. The number of pyridine rings is 2. The predicted molar refractivity (Wildman–Crippen MR) is 63.9 cm³/mol. The Morgan fingerprint density at radius 2 is 2.06 bits per heavy atom. The smallest absolute Gasteiger partial charge is 0.0792 e. The number of aromatic nitrogens is 2. The molecule has 2 aromatic heterocycles. The Bertz CT molecular complexity index is 497. The summed E-state index contributed by atoms with van der Waals surface area (Å²) in [5, 5.41) is 1.61. The molecule has 0 radical (unpaired) electrons. The van der Waals surface area contributed by atoms with Crippen LogP contribution in [0.1, 0.15) is 5.69 Å². The van der Waals surface area contributed by atoms with E-state index in [0.29, 0.717) is 4.90 Å². The molecule has 0 aliphatic heterocycles. The van der Waals surface area contributed by atoms with Crippen LogP contribution in [-0.2, 0) is 10.8 Å². The second-order valence-corrected chi connectivity index (χ2v) is 4.38. The summed E-state index contributed by atoms with van der Waals surface area (Å²) < 4.78 is 11.8. The van der Waals surface area contributed by atoms with E-state index in [4.69, 9.17) is 0 Å². The fourth-order valence-corrected chi connectivity index (χ4v) is 1.95. The highest BCUT2D eigenvalue weighted by molar-refractivity contribution is 7.88.